The maximum atomic E-state index is 13.3. The van der Waals surface area contributed by atoms with E-state index in [1.54, 1.807) is 6.92 Å². The zero-order chi connectivity index (χ0) is 24.1. The van der Waals surface area contributed by atoms with Crippen molar-refractivity contribution in [2.24, 2.45) is 0 Å². The Hall–Kier alpha value is -2.82. The van der Waals surface area contributed by atoms with Gasteiger partial charge in [-0.05, 0) is 40.0 Å². The van der Waals surface area contributed by atoms with Crippen LogP contribution in [0.2, 0.25) is 0 Å². The summed E-state index contributed by atoms with van der Waals surface area (Å²) >= 11 is 0. The Morgan fingerprint density at radius 2 is 1.66 bits per heavy atom. The zero-order valence-electron chi connectivity index (χ0n) is 19.8. The van der Waals surface area contributed by atoms with Crippen molar-refractivity contribution in [2.45, 2.75) is 45.8 Å². The van der Waals surface area contributed by atoms with Gasteiger partial charge in [-0.2, -0.15) is 13.2 Å². The van der Waals surface area contributed by atoms with Crippen LogP contribution in [0.3, 0.4) is 0 Å². The van der Waals surface area contributed by atoms with Crippen molar-refractivity contribution in [1.82, 2.24) is 30.6 Å². The van der Waals surface area contributed by atoms with E-state index >= 15 is 0 Å². The van der Waals surface area contributed by atoms with Crippen LogP contribution < -0.4 is 5.32 Å². The van der Waals surface area contributed by atoms with Crippen molar-refractivity contribution in [2.75, 3.05) is 5.32 Å². The molecule has 7 nitrogen and oxygen atoms in total. The number of H-pyrrole nitrogens is 1. The number of hydrogen-bond acceptors (Lipinski definition) is 6. The third-order valence-corrected chi connectivity index (χ3v) is 5.43. The van der Waals surface area contributed by atoms with Gasteiger partial charge in [-0.15, -0.1) is 5.10 Å². The van der Waals surface area contributed by atoms with Crippen LogP contribution in [0.5, 0.6) is 0 Å². The summed E-state index contributed by atoms with van der Waals surface area (Å²) in [5.41, 5.74) is 4.89. The average molecular weight is 490 g/mol. The molecular weight excluding hydrogens is 466 g/mol. The Morgan fingerprint density at radius 3 is 2.26 bits per heavy atom. The molecule has 1 radical (unpaired) electrons. The summed E-state index contributed by atoms with van der Waals surface area (Å²) in [7, 11) is 0. The van der Waals surface area contributed by atoms with Gasteiger partial charge >= 0.3 is 6.18 Å². The Kier molecular flexibility index (Phi) is 8.98. The van der Waals surface area contributed by atoms with Gasteiger partial charge in [-0.1, -0.05) is 68.8 Å². The zero-order valence-corrected chi connectivity index (χ0v) is 21.8. The monoisotopic (exact) mass is 490 g/mol. The van der Waals surface area contributed by atoms with Crippen LogP contribution in [-0.2, 0) is 25.6 Å². The molecule has 177 valence electrons. The SMILES string of the molecule is CCCc1c(CC)nc(C(F)(F)F)nc1NCc1ccc(-c2ccccc2-c2nnn[nH]2)cc1.[Na]. The van der Waals surface area contributed by atoms with Crippen molar-refractivity contribution in [3.8, 4) is 22.5 Å². The first-order chi connectivity index (χ1) is 16.4. The van der Waals surface area contributed by atoms with E-state index in [-0.39, 0.29) is 35.4 Å². The summed E-state index contributed by atoms with van der Waals surface area (Å²) in [5.74, 6) is -0.297. The van der Waals surface area contributed by atoms with E-state index in [0.29, 0.717) is 30.9 Å². The maximum Gasteiger partial charge on any atom is 0.451 e. The van der Waals surface area contributed by atoms with Gasteiger partial charge in [0, 0.05) is 52.9 Å². The predicted molar refractivity (Wildman–Crippen MR) is 129 cm³/mol. The molecule has 4 aromatic rings. The van der Waals surface area contributed by atoms with E-state index in [1.807, 2.05) is 55.5 Å². The van der Waals surface area contributed by atoms with Crippen LogP contribution in [0.4, 0.5) is 19.0 Å². The topological polar surface area (TPSA) is 92.3 Å². The molecule has 2 N–H and O–H groups in total. The Labute approximate surface area is 223 Å². The smallest absolute Gasteiger partial charge is 0.366 e. The molecule has 0 aliphatic carbocycles. The first-order valence-corrected chi connectivity index (χ1v) is 11.0. The van der Waals surface area contributed by atoms with Crippen molar-refractivity contribution >= 4 is 35.4 Å². The number of nitrogens with zero attached hydrogens (tertiary/aromatic N) is 5. The second-order valence-corrected chi connectivity index (χ2v) is 7.77. The number of alkyl halides is 3. The van der Waals surface area contributed by atoms with Crippen LogP contribution in [-0.4, -0.2) is 60.1 Å². The molecule has 4 rings (SSSR count). The molecule has 0 spiro atoms. The number of aromatic amines is 1. The van der Waals surface area contributed by atoms with Gasteiger partial charge < -0.3 is 5.32 Å². The third kappa shape index (κ3) is 6.25. The average Bonchev–Trinajstić information content (AvgIpc) is 3.38. The third-order valence-electron chi connectivity index (χ3n) is 5.43. The van der Waals surface area contributed by atoms with Crippen LogP contribution >= 0.6 is 0 Å². The van der Waals surface area contributed by atoms with Crippen LogP contribution in [0, 0.1) is 0 Å². The number of hydrogen-bond donors (Lipinski definition) is 2. The number of aryl methyl sites for hydroxylation is 1. The fourth-order valence-electron chi connectivity index (χ4n) is 3.81. The normalized spacial score (nSPS) is 11.2. The minimum atomic E-state index is -4.60. The molecule has 0 aliphatic heterocycles. The van der Waals surface area contributed by atoms with E-state index in [0.717, 1.165) is 34.2 Å². The van der Waals surface area contributed by atoms with Gasteiger partial charge in [0.2, 0.25) is 5.82 Å². The molecule has 0 saturated heterocycles. The van der Waals surface area contributed by atoms with Gasteiger partial charge in [0.15, 0.2) is 5.82 Å². The standard InChI is InChI=1S/C24H24F3N7.Na/c1-3-7-19-20(4-2)29-23(24(25,26)27)30-21(19)28-14-15-10-12-16(13-11-15)17-8-5-6-9-18(17)22-31-33-34-32-22;/h5-6,8-13H,3-4,7,14H2,1-2H3,(H,28,29,30)(H,31,32,33,34);. The summed E-state index contributed by atoms with van der Waals surface area (Å²) < 4.78 is 40.0. The predicted octanol–water partition coefficient (Wildman–Crippen LogP) is 5.09. The first-order valence-electron chi connectivity index (χ1n) is 11.0. The van der Waals surface area contributed by atoms with Gasteiger partial charge in [0.25, 0.3) is 0 Å². The number of benzene rings is 2. The molecule has 0 fully saturated rings. The quantitative estimate of drug-likeness (QED) is 0.335. The molecule has 2 heterocycles. The second kappa shape index (κ2) is 11.7. The fraction of sp³-hybridized carbons (Fsp3) is 0.292. The number of tetrazole rings is 1. The summed E-state index contributed by atoms with van der Waals surface area (Å²) in [6.07, 6.45) is -2.80. The molecule has 0 bridgehead atoms. The van der Waals surface area contributed by atoms with E-state index in [4.69, 9.17) is 0 Å². The number of anilines is 1. The summed E-state index contributed by atoms with van der Waals surface area (Å²) in [5, 5.41) is 17.2. The van der Waals surface area contributed by atoms with Crippen molar-refractivity contribution < 1.29 is 13.2 Å². The number of aromatic nitrogens is 6. The molecule has 0 atom stereocenters. The Morgan fingerprint density at radius 1 is 0.943 bits per heavy atom. The molecule has 11 heteroatoms. The van der Waals surface area contributed by atoms with Crippen LogP contribution in [0.25, 0.3) is 22.5 Å². The second-order valence-electron chi connectivity index (χ2n) is 7.77. The molecule has 0 unspecified atom stereocenters. The molecule has 2 aromatic carbocycles. The molecule has 2 aromatic heterocycles. The van der Waals surface area contributed by atoms with Crippen LogP contribution in [0.1, 0.15) is 42.9 Å². The van der Waals surface area contributed by atoms with E-state index in [2.05, 4.69) is 35.9 Å². The minimum absolute atomic E-state index is 0. The number of nitrogens with one attached hydrogen (secondary N) is 2. The van der Waals surface area contributed by atoms with Gasteiger partial charge in [-0.25, -0.2) is 15.1 Å². The van der Waals surface area contributed by atoms with Crippen molar-refractivity contribution in [3.63, 3.8) is 0 Å². The molecule has 0 saturated carbocycles. The van der Waals surface area contributed by atoms with E-state index < -0.39 is 12.0 Å². The molecule has 0 amide bonds. The minimum Gasteiger partial charge on any atom is -0.366 e. The first kappa shape index (κ1) is 26.8. The van der Waals surface area contributed by atoms with E-state index in [1.165, 1.54) is 0 Å². The Bertz CT molecular complexity index is 1240. The maximum absolute atomic E-state index is 13.3. The van der Waals surface area contributed by atoms with Gasteiger partial charge in [-0.3, -0.25) is 0 Å². The van der Waals surface area contributed by atoms with Gasteiger partial charge in [0.1, 0.15) is 5.82 Å². The number of rotatable bonds is 8. The van der Waals surface area contributed by atoms with Crippen molar-refractivity contribution in [1.29, 1.82) is 0 Å². The van der Waals surface area contributed by atoms with E-state index in [9.17, 15) is 13.2 Å². The van der Waals surface area contributed by atoms with Crippen LogP contribution in [0.15, 0.2) is 48.5 Å². The summed E-state index contributed by atoms with van der Waals surface area (Å²) in [6, 6.07) is 15.6. The fourth-order valence-corrected chi connectivity index (χ4v) is 3.81. The molecule has 35 heavy (non-hydrogen) atoms. The molecule has 0 aliphatic rings. The summed E-state index contributed by atoms with van der Waals surface area (Å²) in [6.45, 7) is 4.12. The van der Waals surface area contributed by atoms with Crippen molar-refractivity contribution in [3.05, 3.63) is 71.2 Å². The largest absolute Gasteiger partial charge is 0.451 e. The van der Waals surface area contributed by atoms with Gasteiger partial charge in [0.05, 0.1) is 0 Å². The summed E-state index contributed by atoms with van der Waals surface area (Å²) in [4.78, 5) is 7.60. The molecular formula is C24H24F3N7Na. The number of halogens is 3. The Balaban J connectivity index is 0.00000342.